The van der Waals surface area contributed by atoms with Gasteiger partial charge in [-0.25, -0.2) is 14.6 Å². The molecule has 3 rings (SSSR count). The van der Waals surface area contributed by atoms with Crippen molar-refractivity contribution in [2.24, 2.45) is 0 Å². The summed E-state index contributed by atoms with van der Waals surface area (Å²) in [7, 11) is 0. The van der Waals surface area contributed by atoms with Crippen LogP contribution >= 0.6 is 12.6 Å². The number of fused-ring (bicyclic) bond motifs is 1. The van der Waals surface area contributed by atoms with Gasteiger partial charge in [-0.05, 0) is 31.5 Å². The summed E-state index contributed by atoms with van der Waals surface area (Å²) in [6.45, 7) is 6.35. The molecule has 2 N–H and O–H groups in total. The summed E-state index contributed by atoms with van der Waals surface area (Å²) >= 11 is 4.39. The van der Waals surface area contributed by atoms with Gasteiger partial charge in [0, 0.05) is 17.0 Å². The molecule has 2 heterocycles. The number of aromatic nitrogens is 4. The second kappa shape index (κ2) is 4.79. The van der Waals surface area contributed by atoms with Crippen molar-refractivity contribution in [3.8, 4) is 11.3 Å². The summed E-state index contributed by atoms with van der Waals surface area (Å²) in [5, 5.41) is 5.32. The topological polar surface area (TPSA) is 69.6 Å². The highest BCUT2D eigenvalue weighted by atomic mass is 32.1. The number of nitrogens with two attached hydrogens (primary N) is 1. The van der Waals surface area contributed by atoms with Gasteiger partial charge in [0.1, 0.15) is 17.8 Å². The van der Waals surface area contributed by atoms with Crippen LogP contribution in [0.2, 0.25) is 0 Å². The minimum atomic E-state index is 0.428. The fourth-order valence-corrected chi connectivity index (χ4v) is 2.33. The van der Waals surface area contributed by atoms with Crippen molar-refractivity contribution in [3.05, 3.63) is 37.0 Å². The molecule has 1 radical (unpaired) electrons. The van der Waals surface area contributed by atoms with Gasteiger partial charge in [-0.15, -0.1) is 12.6 Å². The Kier molecular flexibility index (Phi) is 3.10. The van der Waals surface area contributed by atoms with Crippen LogP contribution in [0.25, 0.3) is 22.3 Å². The molecule has 0 unspecified atom stereocenters. The van der Waals surface area contributed by atoms with E-state index in [0.29, 0.717) is 18.0 Å². The van der Waals surface area contributed by atoms with Gasteiger partial charge >= 0.3 is 0 Å². The van der Waals surface area contributed by atoms with Crippen LogP contribution in [0.1, 0.15) is 5.56 Å². The number of rotatable bonds is 2. The van der Waals surface area contributed by atoms with E-state index in [1.54, 1.807) is 4.68 Å². The van der Waals surface area contributed by atoms with Gasteiger partial charge in [0.05, 0.1) is 5.39 Å². The molecule has 3 aromatic rings. The van der Waals surface area contributed by atoms with E-state index in [4.69, 9.17) is 5.73 Å². The molecule has 0 bridgehead atoms. The number of nitrogens with zero attached hydrogens (tertiary/aromatic N) is 4. The van der Waals surface area contributed by atoms with Crippen molar-refractivity contribution in [2.45, 2.75) is 18.4 Å². The first-order valence-corrected chi connectivity index (χ1v) is 6.62. The van der Waals surface area contributed by atoms with Crippen LogP contribution in [0, 0.1) is 13.8 Å². The Hall–Kier alpha value is -2.08. The van der Waals surface area contributed by atoms with Gasteiger partial charge in [0.25, 0.3) is 0 Å². The molecule has 101 valence electrons. The van der Waals surface area contributed by atoms with E-state index in [2.05, 4.69) is 34.6 Å². The lowest BCUT2D eigenvalue weighted by Gasteiger charge is -2.03. The van der Waals surface area contributed by atoms with Gasteiger partial charge in [-0.1, -0.05) is 6.07 Å². The lowest BCUT2D eigenvalue weighted by atomic mass is 10.1. The third kappa shape index (κ3) is 1.92. The first-order chi connectivity index (χ1) is 9.61. The lowest BCUT2D eigenvalue weighted by molar-refractivity contribution is 0.719. The first kappa shape index (κ1) is 12.9. The number of anilines is 1. The third-order valence-electron chi connectivity index (χ3n) is 3.24. The van der Waals surface area contributed by atoms with Crippen molar-refractivity contribution < 1.29 is 0 Å². The zero-order valence-electron chi connectivity index (χ0n) is 11.0. The highest BCUT2D eigenvalue weighted by Gasteiger charge is 2.16. The summed E-state index contributed by atoms with van der Waals surface area (Å²) in [4.78, 5) is 9.26. The molecule has 0 aliphatic rings. The molecule has 5 nitrogen and oxygen atoms in total. The molecule has 0 aliphatic heterocycles. The first-order valence-electron chi connectivity index (χ1n) is 6.18. The van der Waals surface area contributed by atoms with Crippen LogP contribution in [-0.4, -0.2) is 19.7 Å². The fraction of sp³-hybridized carbons (Fsp3) is 0.143. The quantitative estimate of drug-likeness (QED) is 0.709. The number of hydrogen-bond acceptors (Lipinski definition) is 5. The van der Waals surface area contributed by atoms with Gasteiger partial charge < -0.3 is 5.73 Å². The minimum Gasteiger partial charge on any atom is -0.383 e. The number of hydrogen-bond donors (Lipinski definition) is 2. The Bertz CT molecular complexity index is 794. The van der Waals surface area contributed by atoms with Crippen LogP contribution in [0.3, 0.4) is 0 Å². The van der Waals surface area contributed by atoms with Crippen molar-refractivity contribution in [1.82, 2.24) is 19.7 Å². The number of nitrogen functional groups attached to an aromatic ring is 1. The largest absolute Gasteiger partial charge is 0.383 e. The van der Waals surface area contributed by atoms with Gasteiger partial charge in [0.2, 0.25) is 0 Å². The smallest absolute Gasteiger partial charge is 0.163 e. The normalized spacial score (nSPS) is 11.2. The maximum Gasteiger partial charge on any atom is 0.163 e. The zero-order chi connectivity index (χ0) is 14.3. The molecule has 0 fully saturated rings. The molecular formula is C14H14N5S. The highest BCUT2D eigenvalue weighted by Crippen LogP contribution is 2.31. The van der Waals surface area contributed by atoms with E-state index in [1.807, 2.05) is 25.1 Å². The van der Waals surface area contributed by atoms with Gasteiger partial charge in [-0.3, -0.25) is 0 Å². The van der Waals surface area contributed by atoms with Crippen LogP contribution in [0.4, 0.5) is 5.82 Å². The van der Waals surface area contributed by atoms with Crippen molar-refractivity contribution >= 4 is 29.5 Å². The summed E-state index contributed by atoms with van der Waals surface area (Å²) in [6.07, 6.45) is 1.44. The van der Waals surface area contributed by atoms with Crippen LogP contribution in [0.15, 0.2) is 29.4 Å². The standard InChI is InChI=1S/C14H14N5S/c1-3-19-14-11(13(15)16-7-17-14)12(18-19)9-4-5-10(20)8(2)6-9/h4-7,20H,1,3H2,2H3,(H2,15,16,17). The molecule has 0 aliphatic carbocycles. The molecular weight excluding hydrogens is 270 g/mol. The summed E-state index contributed by atoms with van der Waals surface area (Å²) < 4.78 is 1.73. The summed E-state index contributed by atoms with van der Waals surface area (Å²) in [5.41, 5.74) is 9.52. The molecule has 1 aromatic carbocycles. The van der Waals surface area contributed by atoms with Crippen molar-refractivity contribution in [1.29, 1.82) is 0 Å². The Morgan fingerprint density at radius 1 is 1.35 bits per heavy atom. The Morgan fingerprint density at radius 2 is 2.15 bits per heavy atom. The number of aryl methyl sites for hydroxylation is 1. The maximum atomic E-state index is 5.99. The zero-order valence-corrected chi connectivity index (χ0v) is 11.9. The average molecular weight is 284 g/mol. The second-order valence-electron chi connectivity index (χ2n) is 4.53. The molecule has 0 spiro atoms. The Morgan fingerprint density at radius 3 is 2.85 bits per heavy atom. The van der Waals surface area contributed by atoms with Crippen LogP contribution in [0.5, 0.6) is 0 Å². The lowest BCUT2D eigenvalue weighted by Crippen LogP contribution is -1.98. The van der Waals surface area contributed by atoms with Crippen molar-refractivity contribution in [3.63, 3.8) is 0 Å². The average Bonchev–Trinajstić information content (AvgIpc) is 2.82. The second-order valence-corrected chi connectivity index (χ2v) is 5.01. The van der Waals surface area contributed by atoms with E-state index in [0.717, 1.165) is 27.1 Å². The molecule has 0 amide bonds. The molecule has 0 saturated heterocycles. The SMILES string of the molecule is [CH2]Cn1nc(-c2ccc(S)c(C)c2)c2c(N)ncnc21. The van der Waals surface area contributed by atoms with E-state index >= 15 is 0 Å². The highest BCUT2D eigenvalue weighted by molar-refractivity contribution is 7.80. The van der Waals surface area contributed by atoms with E-state index in [9.17, 15) is 0 Å². The van der Waals surface area contributed by atoms with E-state index in [-0.39, 0.29) is 0 Å². The molecule has 0 atom stereocenters. The van der Waals surface area contributed by atoms with Crippen LogP contribution < -0.4 is 5.73 Å². The van der Waals surface area contributed by atoms with E-state index < -0.39 is 0 Å². The maximum absolute atomic E-state index is 5.99. The Labute approximate surface area is 122 Å². The summed E-state index contributed by atoms with van der Waals surface area (Å²) in [6, 6.07) is 5.95. The molecule has 2 aromatic heterocycles. The van der Waals surface area contributed by atoms with Gasteiger partial charge in [-0.2, -0.15) is 5.10 Å². The molecule has 0 saturated carbocycles. The van der Waals surface area contributed by atoms with Gasteiger partial charge in [0.15, 0.2) is 5.65 Å². The van der Waals surface area contributed by atoms with Crippen molar-refractivity contribution in [2.75, 3.05) is 5.73 Å². The third-order valence-corrected chi connectivity index (χ3v) is 3.74. The Balaban J connectivity index is 2.33. The minimum absolute atomic E-state index is 0.428. The van der Waals surface area contributed by atoms with Crippen LogP contribution in [-0.2, 0) is 6.54 Å². The van der Waals surface area contributed by atoms with E-state index in [1.165, 1.54) is 6.33 Å². The molecule has 20 heavy (non-hydrogen) atoms. The monoisotopic (exact) mass is 284 g/mol. The number of thiol groups is 1. The predicted octanol–water partition coefficient (Wildman–Crippen LogP) is 2.51. The summed E-state index contributed by atoms with van der Waals surface area (Å²) in [5.74, 6) is 0.428. The fourth-order valence-electron chi connectivity index (χ4n) is 2.19. The molecule has 6 heteroatoms. The predicted molar refractivity (Wildman–Crippen MR) is 82.5 cm³/mol. The number of benzene rings is 1.